The van der Waals surface area contributed by atoms with Crippen LogP contribution in [0.25, 0.3) is 0 Å². The molecule has 0 saturated carbocycles. The van der Waals surface area contributed by atoms with Crippen LogP contribution in [0.1, 0.15) is 19.4 Å². The first-order chi connectivity index (χ1) is 7.39. The van der Waals surface area contributed by atoms with Gasteiger partial charge in [-0.1, -0.05) is 12.1 Å². The second-order valence-corrected chi connectivity index (χ2v) is 4.19. The van der Waals surface area contributed by atoms with Crippen molar-refractivity contribution in [3.63, 3.8) is 0 Å². The van der Waals surface area contributed by atoms with Crippen LogP contribution in [0.5, 0.6) is 0 Å². The van der Waals surface area contributed by atoms with Gasteiger partial charge in [-0.05, 0) is 38.0 Å². The number of nitrogens with one attached hydrogen (secondary N) is 1. The van der Waals surface area contributed by atoms with Crippen molar-refractivity contribution in [2.24, 2.45) is 0 Å². The van der Waals surface area contributed by atoms with Gasteiger partial charge in [-0.2, -0.15) is 0 Å². The second-order valence-electron chi connectivity index (χ2n) is 4.19. The SMILES string of the molecule is CC(C)(O)C(=O)NCCc1cccc(F)c1. The fourth-order valence-corrected chi connectivity index (χ4v) is 1.23. The number of rotatable bonds is 4. The summed E-state index contributed by atoms with van der Waals surface area (Å²) >= 11 is 0. The molecule has 1 amide bonds. The van der Waals surface area contributed by atoms with Gasteiger partial charge in [-0.3, -0.25) is 4.79 Å². The van der Waals surface area contributed by atoms with E-state index in [0.29, 0.717) is 13.0 Å². The number of benzene rings is 1. The number of hydrogen-bond acceptors (Lipinski definition) is 2. The standard InChI is InChI=1S/C12H16FNO2/c1-12(2,16)11(15)14-7-6-9-4-3-5-10(13)8-9/h3-5,8,16H,6-7H2,1-2H3,(H,14,15). The van der Waals surface area contributed by atoms with E-state index in [9.17, 15) is 14.3 Å². The molecule has 0 aliphatic rings. The van der Waals surface area contributed by atoms with Gasteiger partial charge >= 0.3 is 0 Å². The highest BCUT2D eigenvalue weighted by Gasteiger charge is 2.22. The Hall–Kier alpha value is -1.42. The summed E-state index contributed by atoms with van der Waals surface area (Å²) in [5, 5.41) is 11.9. The number of amides is 1. The first-order valence-corrected chi connectivity index (χ1v) is 5.15. The Bertz CT molecular complexity index is 372. The second kappa shape index (κ2) is 5.07. The lowest BCUT2D eigenvalue weighted by molar-refractivity contribution is -0.136. The largest absolute Gasteiger partial charge is 0.381 e. The number of carbonyl (C=O) groups excluding carboxylic acids is 1. The molecule has 0 radical (unpaired) electrons. The predicted octanol–water partition coefficient (Wildman–Crippen LogP) is 1.26. The van der Waals surface area contributed by atoms with Crippen LogP contribution in [0.15, 0.2) is 24.3 Å². The molecule has 2 N–H and O–H groups in total. The normalized spacial score (nSPS) is 11.2. The topological polar surface area (TPSA) is 49.3 Å². The molecule has 0 atom stereocenters. The summed E-state index contributed by atoms with van der Waals surface area (Å²) in [4.78, 5) is 11.3. The van der Waals surface area contributed by atoms with Crippen molar-refractivity contribution >= 4 is 5.91 Å². The van der Waals surface area contributed by atoms with Crippen molar-refractivity contribution < 1.29 is 14.3 Å². The lowest BCUT2D eigenvalue weighted by atomic mass is 10.1. The van der Waals surface area contributed by atoms with E-state index in [1.165, 1.54) is 26.0 Å². The smallest absolute Gasteiger partial charge is 0.251 e. The Kier molecular flexibility index (Phi) is 4.01. The summed E-state index contributed by atoms with van der Waals surface area (Å²) in [5.74, 6) is -0.713. The van der Waals surface area contributed by atoms with E-state index >= 15 is 0 Å². The molecule has 0 aromatic heterocycles. The Balaban J connectivity index is 2.39. The molecule has 0 aliphatic heterocycles. The molecule has 0 unspecified atom stereocenters. The molecule has 0 fully saturated rings. The number of aliphatic hydroxyl groups is 1. The van der Waals surface area contributed by atoms with E-state index in [0.717, 1.165) is 5.56 Å². The zero-order valence-electron chi connectivity index (χ0n) is 9.46. The van der Waals surface area contributed by atoms with E-state index in [-0.39, 0.29) is 5.82 Å². The van der Waals surface area contributed by atoms with Gasteiger partial charge in [0.2, 0.25) is 0 Å². The predicted molar refractivity (Wildman–Crippen MR) is 59.4 cm³/mol. The van der Waals surface area contributed by atoms with Crippen LogP contribution in [-0.4, -0.2) is 23.2 Å². The maximum atomic E-state index is 12.8. The van der Waals surface area contributed by atoms with Crippen LogP contribution in [0, 0.1) is 5.82 Å². The third-order valence-electron chi connectivity index (χ3n) is 2.14. The maximum Gasteiger partial charge on any atom is 0.251 e. The van der Waals surface area contributed by atoms with Crippen molar-refractivity contribution in [3.05, 3.63) is 35.6 Å². The zero-order chi connectivity index (χ0) is 12.2. The van der Waals surface area contributed by atoms with Gasteiger partial charge in [0.1, 0.15) is 11.4 Å². The summed E-state index contributed by atoms with van der Waals surface area (Å²) in [6.45, 7) is 3.22. The van der Waals surface area contributed by atoms with Gasteiger partial charge < -0.3 is 10.4 Å². The number of halogens is 1. The van der Waals surface area contributed by atoms with Gasteiger partial charge in [0.25, 0.3) is 5.91 Å². The molecular formula is C12H16FNO2. The van der Waals surface area contributed by atoms with Crippen molar-refractivity contribution in [1.82, 2.24) is 5.32 Å². The van der Waals surface area contributed by atoms with Crippen LogP contribution in [-0.2, 0) is 11.2 Å². The molecule has 3 nitrogen and oxygen atoms in total. The fourth-order valence-electron chi connectivity index (χ4n) is 1.23. The first kappa shape index (κ1) is 12.6. The Morgan fingerprint density at radius 2 is 2.19 bits per heavy atom. The summed E-state index contributed by atoms with van der Waals surface area (Å²) in [6.07, 6.45) is 0.541. The quantitative estimate of drug-likeness (QED) is 0.810. The molecule has 0 aliphatic carbocycles. The molecule has 1 rings (SSSR count). The summed E-state index contributed by atoms with van der Waals surface area (Å²) in [5.41, 5.74) is -0.557. The molecule has 88 valence electrons. The molecule has 0 heterocycles. The highest BCUT2D eigenvalue weighted by molar-refractivity contribution is 5.83. The molecule has 1 aromatic rings. The zero-order valence-corrected chi connectivity index (χ0v) is 9.46. The highest BCUT2D eigenvalue weighted by atomic mass is 19.1. The summed E-state index contributed by atoms with van der Waals surface area (Å²) < 4.78 is 12.8. The lowest BCUT2D eigenvalue weighted by Gasteiger charge is -2.16. The summed E-state index contributed by atoms with van der Waals surface area (Å²) in [7, 11) is 0. The highest BCUT2D eigenvalue weighted by Crippen LogP contribution is 2.04. The van der Waals surface area contributed by atoms with E-state index < -0.39 is 11.5 Å². The monoisotopic (exact) mass is 225 g/mol. The molecular weight excluding hydrogens is 209 g/mol. The van der Waals surface area contributed by atoms with Crippen LogP contribution in [0.2, 0.25) is 0 Å². The van der Waals surface area contributed by atoms with Crippen molar-refractivity contribution in [1.29, 1.82) is 0 Å². The van der Waals surface area contributed by atoms with Crippen LogP contribution in [0.4, 0.5) is 4.39 Å². The van der Waals surface area contributed by atoms with E-state index in [2.05, 4.69) is 5.32 Å². The average molecular weight is 225 g/mol. The maximum absolute atomic E-state index is 12.8. The van der Waals surface area contributed by atoms with Crippen LogP contribution in [0.3, 0.4) is 0 Å². The molecule has 0 saturated heterocycles. The minimum Gasteiger partial charge on any atom is -0.381 e. The Labute approximate surface area is 94.3 Å². The van der Waals surface area contributed by atoms with Crippen molar-refractivity contribution in [2.45, 2.75) is 25.9 Å². The van der Waals surface area contributed by atoms with Gasteiger partial charge in [-0.25, -0.2) is 4.39 Å². The number of hydrogen-bond donors (Lipinski definition) is 2. The minimum absolute atomic E-state index is 0.286. The third-order valence-corrected chi connectivity index (χ3v) is 2.14. The van der Waals surface area contributed by atoms with Gasteiger partial charge in [-0.15, -0.1) is 0 Å². The molecule has 0 spiro atoms. The van der Waals surface area contributed by atoms with Gasteiger partial charge in [0.05, 0.1) is 0 Å². The lowest BCUT2D eigenvalue weighted by Crippen LogP contribution is -2.42. The van der Waals surface area contributed by atoms with E-state index in [4.69, 9.17) is 0 Å². The Morgan fingerprint density at radius 1 is 1.50 bits per heavy atom. The van der Waals surface area contributed by atoms with E-state index in [1.54, 1.807) is 12.1 Å². The third kappa shape index (κ3) is 3.98. The molecule has 1 aromatic carbocycles. The fraction of sp³-hybridized carbons (Fsp3) is 0.417. The van der Waals surface area contributed by atoms with Gasteiger partial charge in [0, 0.05) is 6.54 Å². The Morgan fingerprint density at radius 3 is 2.75 bits per heavy atom. The van der Waals surface area contributed by atoms with Crippen molar-refractivity contribution in [3.8, 4) is 0 Å². The first-order valence-electron chi connectivity index (χ1n) is 5.15. The minimum atomic E-state index is -1.37. The van der Waals surface area contributed by atoms with Gasteiger partial charge in [0.15, 0.2) is 0 Å². The van der Waals surface area contributed by atoms with Crippen LogP contribution < -0.4 is 5.32 Å². The number of carbonyl (C=O) groups is 1. The van der Waals surface area contributed by atoms with Crippen LogP contribution >= 0.6 is 0 Å². The summed E-state index contributed by atoms with van der Waals surface area (Å²) in [6, 6.07) is 6.22. The average Bonchev–Trinajstić information content (AvgIpc) is 2.16. The molecule has 16 heavy (non-hydrogen) atoms. The molecule has 4 heteroatoms. The van der Waals surface area contributed by atoms with Crippen molar-refractivity contribution in [2.75, 3.05) is 6.54 Å². The van der Waals surface area contributed by atoms with E-state index in [1.807, 2.05) is 0 Å². The molecule has 0 bridgehead atoms.